The first-order valence-corrected chi connectivity index (χ1v) is 5.60. The zero-order valence-corrected chi connectivity index (χ0v) is 10.4. The van der Waals surface area contributed by atoms with Gasteiger partial charge in [-0.05, 0) is 27.7 Å². The number of carboxylic acids is 1. The number of hydrogen-bond donors (Lipinski definition) is 1. The highest BCUT2D eigenvalue weighted by Crippen LogP contribution is 2.35. The van der Waals surface area contributed by atoms with E-state index in [9.17, 15) is 4.79 Å². The van der Waals surface area contributed by atoms with E-state index >= 15 is 0 Å². The van der Waals surface area contributed by atoms with Gasteiger partial charge in [-0.2, -0.15) is 0 Å². The summed E-state index contributed by atoms with van der Waals surface area (Å²) < 4.78 is 22.0. The van der Waals surface area contributed by atoms with Crippen molar-refractivity contribution >= 4 is 5.97 Å². The molecule has 0 aromatic heterocycles. The molecule has 2 heterocycles. The molecular weight excluding hydrogens is 228 g/mol. The molecule has 3 atom stereocenters. The van der Waals surface area contributed by atoms with E-state index in [1.807, 2.05) is 0 Å². The van der Waals surface area contributed by atoms with Gasteiger partial charge in [0.15, 0.2) is 17.7 Å². The molecule has 2 fully saturated rings. The lowest BCUT2D eigenvalue weighted by molar-refractivity contribution is -0.175. The van der Waals surface area contributed by atoms with Gasteiger partial charge in [-0.15, -0.1) is 0 Å². The van der Waals surface area contributed by atoms with Gasteiger partial charge in [0, 0.05) is 0 Å². The minimum Gasteiger partial charge on any atom is -0.479 e. The van der Waals surface area contributed by atoms with Crippen molar-refractivity contribution < 1.29 is 28.8 Å². The molecule has 6 nitrogen and oxygen atoms in total. The summed E-state index contributed by atoms with van der Waals surface area (Å²) in [5.74, 6) is -2.66. The van der Waals surface area contributed by atoms with Gasteiger partial charge >= 0.3 is 5.97 Å². The number of carboxylic acid groups (broad SMARTS) is 1. The highest BCUT2D eigenvalue weighted by atomic mass is 16.8. The van der Waals surface area contributed by atoms with Crippen LogP contribution in [0.3, 0.4) is 0 Å². The number of hydrogen-bond acceptors (Lipinski definition) is 5. The molecule has 98 valence electrons. The fourth-order valence-corrected chi connectivity index (χ4v) is 2.13. The summed E-state index contributed by atoms with van der Waals surface area (Å²) in [6.45, 7) is 7.24. The Morgan fingerprint density at radius 2 is 1.76 bits per heavy atom. The minimum absolute atomic E-state index is 0.306. The second-order valence-corrected chi connectivity index (χ2v) is 5.23. The van der Waals surface area contributed by atoms with Crippen LogP contribution in [-0.4, -0.2) is 47.6 Å². The largest absolute Gasteiger partial charge is 0.479 e. The number of aliphatic carboxylic acids is 1. The predicted octanol–water partition coefficient (Wildman–Crippen LogP) is 0.743. The molecule has 0 aromatic carbocycles. The fourth-order valence-electron chi connectivity index (χ4n) is 2.13. The van der Waals surface area contributed by atoms with Crippen LogP contribution in [0.1, 0.15) is 27.7 Å². The smallest absolute Gasteiger partial charge is 0.335 e. The van der Waals surface area contributed by atoms with E-state index in [0.29, 0.717) is 6.61 Å². The fraction of sp³-hybridized carbons (Fsp3) is 0.909. The SMILES string of the molecule is CC1(C)OC[C@H]([C@H]2OC(C)(C)O[C@H]2C(=O)O)O1. The van der Waals surface area contributed by atoms with Gasteiger partial charge in [-0.3, -0.25) is 0 Å². The number of rotatable bonds is 2. The van der Waals surface area contributed by atoms with Gasteiger partial charge in [0.05, 0.1) is 6.61 Å². The van der Waals surface area contributed by atoms with E-state index in [1.165, 1.54) is 0 Å². The molecule has 2 rings (SSSR count). The summed E-state index contributed by atoms with van der Waals surface area (Å²) in [7, 11) is 0. The lowest BCUT2D eigenvalue weighted by Gasteiger charge is -2.22. The van der Waals surface area contributed by atoms with Crippen molar-refractivity contribution in [2.45, 2.75) is 57.6 Å². The first kappa shape index (κ1) is 12.8. The van der Waals surface area contributed by atoms with Crippen molar-refractivity contribution in [3.63, 3.8) is 0 Å². The maximum absolute atomic E-state index is 11.1. The van der Waals surface area contributed by atoms with Gasteiger partial charge in [-0.1, -0.05) is 0 Å². The van der Waals surface area contributed by atoms with Gasteiger partial charge < -0.3 is 24.1 Å². The van der Waals surface area contributed by atoms with Gasteiger partial charge in [-0.25, -0.2) is 4.79 Å². The van der Waals surface area contributed by atoms with Crippen LogP contribution >= 0.6 is 0 Å². The van der Waals surface area contributed by atoms with Crippen molar-refractivity contribution in [3.8, 4) is 0 Å². The van der Waals surface area contributed by atoms with E-state index in [4.69, 9.17) is 24.1 Å². The highest BCUT2D eigenvalue weighted by molar-refractivity contribution is 5.73. The Labute approximate surface area is 99.8 Å². The van der Waals surface area contributed by atoms with E-state index in [-0.39, 0.29) is 0 Å². The maximum Gasteiger partial charge on any atom is 0.335 e. The van der Waals surface area contributed by atoms with Crippen LogP contribution in [0, 0.1) is 0 Å². The molecule has 6 heteroatoms. The van der Waals surface area contributed by atoms with E-state index < -0.39 is 35.9 Å². The molecule has 0 spiro atoms. The third-order valence-corrected chi connectivity index (χ3v) is 2.77. The van der Waals surface area contributed by atoms with E-state index in [2.05, 4.69) is 0 Å². The zero-order valence-electron chi connectivity index (χ0n) is 10.4. The van der Waals surface area contributed by atoms with Crippen LogP contribution in [-0.2, 0) is 23.7 Å². The average Bonchev–Trinajstić information content (AvgIpc) is 2.66. The second kappa shape index (κ2) is 3.91. The Morgan fingerprint density at radius 1 is 1.12 bits per heavy atom. The normalized spacial score (nSPS) is 39.4. The van der Waals surface area contributed by atoms with Gasteiger partial charge in [0.1, 0.15) is 12.2 Å². The monoisotopic (exact) mass is 246 g/mol. The molecule has 0 unspecified atom stereocenters. The molecule has 1 N–H and O–H groups in total. The van der Waals surface area contributed by atoms with Crippen molar-refractivity contribution in [1.82, 2.24) is 0 Å². The molecule has 0 aliphatic carbocycles. The van der Waals surface area contributed by atoms with Crippen molar-refractivity contribution in [2.24, 2.45) is 0 Å². The molecule has 2 saturated heterocycles. The summed E-state index contributed by atoms with van der Waals surface area (Å²) >= 11 is 0. The van der Waals surface area contributed by atoms with Crippen LogP contribution in [0.4, 0.5) is 0 Å². The lowest BCUT2D eigenvalue weighted by Crippen LogP contribution is -2.42. The molecule has 0 amide bonds. The van der Waals surface area contributed by atoms with Crippen LogP contribution < -0.4 is 0 Å². The third-order valence-electron chi connectivity index (χ3n) is 2.77. The summed E-state index contributed by atoms with van der Waals surface area (Å²) in [4.78, 5) is 11.1. The summed E-state index contributed by atoms with van der Waals surface area (Å²) in [5.41, 5.74) is 0. The van der Waals surface area contributed by atoms with Crippen molar-refractivity contribution in [2.75, 3.05) is 6.61 Å². The van der Waals surface area contributed by atoms with Gasteiger partial charge in [0.2, 0.25) is 0 Å². The second-order valence-electron chi connectivity index (χ2n) is 5.23. The Morgan fingerprint density at radius 3 is 2.24 bits per heavy atom. The first-order valence-electron chi connectivity index (χ1n) is 5.60. The van der Waals surface area contributed by atoms with Gasteiger partial charge in [0.25, 0.3) is 0 Å². The molecule has 0 radical (unpaired) electrons. The topological polar surface area (TPSA) is 74.2 Å². The van der Waals surface area contributed by atoms with E-state index in [0.717, 1.165) is 0 Å². The molecule has 17 heavy (non-hydrogen) atoms. The summed E-state index contributed by atoms with van der Waals surface area (Å²) in [5, 5.41) is 9.10. The predicted molar refractivity (Wildman–Crippen MR) is 56.4 cm³/mol. The zero-order chi connectivity index (χ0) is 12.8. The minimum atomic E-state index is -1.05. The Hall–Kier alpha value is -0.690. The Bertz CT molecular complexity index is 324. The molecule has 0 aromatic rings. The molecule has 2 aliphatic heterocycles. The molecule has 2 aliphatic rings. The lowest BCUT2D eigenvalue weighted by atomic mass is 10.1. The standard InChI is InChI=1S/C11H18O6/c1-10(2)14-5-6(15-10)7-8(9(12)13)17-11(3,4)16-7/h6-8H,5H2,1-4H3,(H,12,13)/t6-,7-,8-/m1/s1. The molecule has 0 bridgehead atoms. The molecular formula is C11H18O6. The van der Waals surface area contributed by atoms with Crippen molar-refractivity contribution in [3.05, 3.63) is 0 Å². The van der Waals surface area contributed by atoms with Crippen LogP contribution in [0.15, 0.2) is 0 Å². The van der Waals surface area contributed by atoms with Crippen molar-refractivity contribution in [1.29, 1.82) is 0 Å². The Kier molecular flexibility index (Phi) is 2.94. The molecule has 0 saturated carbocycles. The number of carbonyl (C=O) groups is 1. The Balaban J connectivity index is 2.12. The average molecular weight is 246 g/mol. The van der Waals surface area contributed by atoms with Crippen LogP contribution in [0.2, 0.25) is 0 Å². The summed E-state index contributed by atoms with van der Waals surface area (Å²) in [6.07, 6.45) is -2.09. The summed E-state index contributed by atoms with van der Waals surface area (Å²) in [6, 6.07) is 0. The first-order chi connectivity index (χ1) is 7.70. The third kappa shape index (κ3) is 2.60. The number of ether oxygens (including phenoxy) is 4. The maximum atomic E-state index is 11.1. The highest BCUT2D eigenvalue weighted by Gasteiger charge is 2.52. The van der Waals surface area contributed by atoms with Crippen LogP contribution in [0.25, 0.3) is 0 Å². The quantitative estimate of drug-likeness (QED) is 0.774. The van der Waals surface area contributed by atoms with E-state index in [1.54, 1.807) is 27.7 Å². The van der Waals surface area contributed by atoms with Crippen LogP contribution in [0.5, 0.6) is 0 Å².